The molecular weight excluding hydrogens is 297 g/mol. The van der Waals surface area contributed by atoms with Crippen LogP contribution in [-0.2, 0) is 0 Å². The Morgan fingerprint density at radius 2 is 2.22 bits per heavy atom. The van der Waals surface area contributed by atoms with Gasteiger partial charge in [0.05, 0.1) is 5.56 Å². The maximum absolute atomic E-state index is 13.8. The number of carbonyl (C=O) groups excluding carboxylic acids is 1. The van der Waals surface area contributed by atoms with Gasteiger partial charge in [0.25, 0.3) is 5.91 Å². The van der Waals surface area contributed by atoms with Crippen LogP contribution in [0, 0.1) is 18.2 Å². The van der Waals surface area contributed by atoms with Gasteiger partial charge in [-0.2, -0.15) is 0 Å². The van der Waals surface area contributed by atoms with Crippen molar-refractivity contribution >= 4 is 21.8 Å². The van der Waals surface area contributed by atoms with Gasteiger partial charge in [-0.25, -0.2) is 4.39 Å². The summed E-state index contributed by atoms with van der Waals surface area (Å²) < 4.78 is 13.8. The highest BCUT2D eigenvalue weighted by Crippen LogP contribution is 2.48. The highest BCUT2D eigenvalue weighted by molar-refractivity contribution is 9.09. The topological polar surface area (TPSA) is 29.1 Å². The largest absolute Gasteiger partial charge is 0.351 e. The molecule has 1 saturated carbocycles. The van der Waals surface area contributed by atoms with Crippen LogP contribution in [0.4, 0.5) is 4.39 Å². The normalized spacial score (nSPS) is 16.4. The zero-order valence-electron chi connectivity index (χ0n) is 10.4. The molecule has 4 heteroatoms. The summed E-state index contributed by atoms with van der Waals surface area (Å²) in [6.07, 6.45) is 3.36. The molecule has 1 amide bonds. The molecule has 1 N–H and O–H groups in total. The van der Waals surface area contributed by atoms with Crippen LogP contribution in [0.5, 0.6) is 0 Å². The number of hydrogen-bond donors (Lipinski definition) is 1. The van der Waals surface area contributed by atoms with E-state index in [4.69, 9.17) is 0 Å². The average Bonchev–Trinajstić information content (AvgIpc) is 3.11. The van der Waals surface area contributed by atoms with E-state index in [0.29, 0.717) is 12.1 Å². The van der Waals surface area contributed by atoms with Crippen molar-refractivity contribution in [2.75, 3.05) is 11.9 Å². The summed E-state index contributed by atoms with van der Waals surface area (Å²) in [7, 11) is 0. The van der Waals surface area contributed by atoms with Crippen molar-refractivity contribution in [2.24, 2.45) is 5.41 Å². The Morgan fingerprint density at radius 1 is 1.50 bits per heavy atom. The van der Waals surface area contributed by atoms with E-state index in [2.05, 4.69) is 21.2 Å². The molecule has 0 bridgehead atoms. The molecular formula is C14H17BrFNO. The van der Waals surface area contributed by atoms with Gasteiger partial charge in [-0.05, 0) is 43.2 Å². The number of alkyl halides is 1. The zero-order valence-corrected chi connectivity index (χ0v) is 12.0. The molecule has 0 aliphatic heterocycles. The highest BCUT2D eigenvalue weighted by Gasteiger charge is 2.41. The van der Waals surface area contributed by atoms with Gasteiger partial charge in [0.15, 0.2) is 0 Å². The molecule has 0 spiro atoms. The van der Waals surface area contributed by atoms with Crippen LogP contribution < -0.4 is 5.32 Å². The Hall–Kier alpha value is -0.900. The molecule has 0 atom stereocenters. The second-order valence-corrected chi connectivity index (χ2v) is 5.85. The van der Waals surface area contributed by atoms with E-state index in [1.165, 1.54) is 6.07 Å². The van der Waals surface area contributed by atoms with Crippen molar-refractivity contribution in [3.63, 3.8) is 0 Å². The third-order valence-corrected chi connectivity index (χ3v) is 4.04. The molecule has 2 nitrogen and oxygen atoms in total. The molecule has 1 aromatic carbocycles. The summed E-state index contributed by atoms with van der Waals surface area (Å²) in [5.74, 6) is -0.725. The Kier molecular flexibility index (Phi) is 4.05. The second kappa shape index (κ2) is 5.39. The number of carbonyl (C=O) groups is 1. The first-order valence-corrected chi connectivity index (χ1v) is 7.29. The van der Waals surface area contributed by atoms with Crippen LogP contribution in [-0.4, -0.2) is 17.8 Å². The Morgan fingerprint density at radius 3 is 2.83 bits per heavy atom. The lowest BCUT2D eigenvalue weighted by Gasteiger charge is -2.15. The molecule has 1 fully saturated rings. The SMILES string of the molecule is Cc1cccc(C(=O)NCC2(CCBr)CC2)c1F. The van der Waals surface area contributed by atoms with Crippen LogP contribution in [0.2, 0.25) is 0 Å². The molecule has 18 heavy (non-hydrogen) atoms. The molecule has 0 unspecified atom stereocenters. The molecule has 98 valence electrons. The van der Waals surface area contributed by atoms with E-state index in [0.717, 1.165) is 24.6 Å². The summed E-state index contributed by atoms with van der Waals surface area (Å²) >= 11 is 3.43. The van der Waals surface area contributed by atoms with Crippen molar-refractivity contribution in [2.45, 2.75) is 26.2 Å². The zero-order chi connectivity index (χ0) is 13.2. The first-order chi connectivity index (χ1) is 8.58. The quantitative estimate of drug-likeness (QED) is 0.829. The third kappa shape index (κ3) is 2.91. The van der Waals surface area contributed by atoms with Crippen LogP contribution in [0.3, 0.4) is 0 Å². The highest BCUT2D eigenvalue weighted by atomic mass is 79.9. The van der Waals surface area contributed by atoms with Crippen LogP contribution >= 0.6 is 15.9 Å². The third-order valence-electron chi connectivity index (χ3n) is 3.64. The van der Waals surface area contributed by atoms with Crippen LogP contribution in [0.15, 0.2) is 18.2 Å². The van der Waals surface area contributed by atoms with E-state index in [-0.39, 0.29) is 16.9 Å². The van der Waals surface area contributed by atoms with Gasteiger partial charge in [0, 0.05) is 11.9 Å². The lowest BCUT2D eigenvalue weighted by Crippen LogP contribution is -2.31. The van der Waals surface area contributed by atoms with Crippen molar-refractivity contribution in [1.82, 2.24) is 5.32 Å². The van der Waals surface area contributed by atoms with Crippen LogP contribution in [0.1, 0.15) is 35.2 Å². The minimum absolute atomic E-state index is 0.143. The lowest BCUT2D eigenvalue weighted by atomic mass is 10.0. The fraction of sp³-hybridized carbons (Fsp3) is 0.500. The molecule has 2 rings (SSSR count). The number of hydrogen-bond acceptors (Lipinski definition) is 1. The predicted molar refractivity (Wildman–Crippen MR) is 73.5 cm³/mol. The molecule has 1 aromatic rings. The summed E-state index contributed by atoms with van der Waals surface area (Å²) in [6, 6.07) is 4.90. The smallest absolute Gasteiger partial charge is 0.254 e. The lowest BCUT2D eigenvalue weighted by molar-refractivity contribution is 0.0940. The van der Waals surface area contributed by atoms with Gasteiger partial charge >= 0.3 is 0 Å². The van der Waals surface area contributed by atoms with Gasteiger partial charge in [0.2, 0.25) is 0 Å². The number of aryl methyl sites for hydroxylation is 1. The predicted octanol–water partition coefficient (Wildman–Crippen LogP) is 3.43. The maximum Gasteiger partial charge on any atom is 0.254 e. The van der Waals surface area contributed by atoms with Gasteiger partial charge in [-0.3, -0.25) is 4.79 Å². The average molecular weight is 314 g/mol. The standard InChI is InChI=1S/C14H17BrFNO/c1-10-3-2-4-11(12(10)16)13(18)17-9-14(5-6-14)7-8-15/h2-4H,5-9H2,1H3,(H,17,18). The fourth-order valence-electron chi connectivity index (χ4n) is 2.08. The summed E-state index contributed by atoms with van der Waals surface area (Å²) in [5, 5.41) is 3.80. The minimum Gasteiger partial charge on any atom is -0.351 e. The molecule has 0 saturated heterocycles. The van der Waals surface area contributed by atoms with E-state index in [9.17, 15) is 9.18 Å². The Bertz CT molecular complexity index is 457. The maximum atomic E-state index is 13.8. The van der Waals surface area contributed by atoms with Crippen molar-refractivity contribution in [3.8, 4) is 0 Å². The van der Waals surface area contributed by atoms with Crippen molar-refractivity contribution < 1.29 is 9.18 Å². The number of rotatable bonds is 5. The summed E-state index contributed by atoms with van der Waals surface area (Å²) in [6.45, 7) is 2.31. The van der Waals surface area contributed by atoms with Gasteiger partial charge < -0.3 is 5.32 Å². The summed E-state index contributed by atoms with van der Waals surface area (Å²) in [5.41, 5.74) is 0.897. The van der Waals surface area contributed by atoms with Crippen LogP contribution in [0.25, 0.3) is 0 Å². The first-order valence-electron chi connectivity index (χ1n) is 6.17. The van der Waals surface area contributed by atoms with Crippen molar-refractivity contribution in [3.05, 3.63) is 35.1 Å². The Balaban J connectivity index is 1.98. The van der Waals surface area contributed by atoms with Gasteiger partial charge in [-0.1, -0.05) is 28.1 Å². The van der Waals surface area contributed by atoms with Gasteiger partial charge in [0.1, 0.15) is 5.82 Å². The molecule has 1 aliphatic rings. The number of amides is 1. The first kappa shape index (κ1) is 13.5. The molecule has 0 radical (unpaired) electrons. The molecule has 0 heterocycles. The minimum atomic E-state index is -0.416. The number of nitrogens with one attached hydrogen (secondary N) is 1. The van der Waals surface area contributed by atoms with E-state index >= 15 is 0 Å². The fourth-order valence-corrected chi connectivity index (χ4v) is 2.92. The molecule has 1 aliphatic carbocycles. The van der Waals surface area contributed by atoms with Crippen molar-refractivity contribution in [1.29, 1.82) is 0 Å². The van der Waals surface area contributed by atoms with E-state index in [1.54, 1.807) is 19.1 Å². The number of benzene rings is 1. The summed E-state index contributed by atoms with van der Waals surface area (Å²) in [4.78, 5) is 11.9. The Labute approximate surface area is 115 Å². The molecule has 0 aromatic heterocycles. The van der Waals surface area contributed by atoms with E-state index in [1.807, 2.05) is 0 Å². The van der Waals surface area contributed by atoms with Gasteiger partial charge in [-0.15, -0.1) is 0 Å². The monoisotopic (exact) mass is 313 g/mol. The second-order valence-electron chi connectivity index (χ2n) is 5.06. The van der Waals surface area contributed by atoms with E-state index < -0.39 is 5.82 Å². The number of halogens is 2.